The molecule has 0 aromatic carbocycles. The zero-order chi connectivity index (χ0) is 11.9. The normalized spacial score (nSPS) is 12.4. The molecule has 0 rings (SSSR count). The van der Waals surface area contributed by atoms with Gasteiger partial charge in [-0.15, -0.1) is 12.6 Å². The van der Waals surface area contributed by atoms with Gasteiger partial charge in [-0.2, -0.15) is 0 Å². The van der Waals surface area contributed by atoms with E-state index in [9.17, 15) is 4.79 Å². The number of thiol groups is 1. The van der Waals surface area contributed by atoms with Gasteiger partial charge in [-0.3, -0.25) is 4.79 Å². The largest absolute Gasteiger partial charge is 0.356 e. The third-order valence-corrected chi connectivity index (χ3v) is 2.08. The van der Waals surface area contributed by atoms with Crippen molar-refractivity contribution in [3.05, 3.63) is 23.6 Å². The SMILES string of the molecule is C=C/C=C(\S)CCNC(=O)CC(C)(C)C. The van der Waals surface area contributed by atoms with Gasteiger partial charge in [-0.05, 0) is 16.7 Å². The summed E-state index contributed by atoms with van der Waals surface area (Å²) in [6.45, 7) is 10.4. The third kappa shape index (κ3) is 9.60. The summed E-state index contributed by atoms with van der Waals surface area (Å²) < 4.78 is 0. The lowest BCUT2D eigenvalue weighted by Crippen LogP contribution is -2.28. The molecule has 0 aromatic heterocycles. The van der Waals surface area contributed by atoms with E-state index in [2.05, 4.69) is 24.5 Å². The van der Waals surface area contributed by atoms with Crippen molar-refractivity contribution in [1.82, 2.24) is 5.32 Å². The molecule has 3 heteroatoms. The van der Waals surface area contributed by atoms with E-state index in [0.29, 0.717) is 13.0 Å². The molecular formula is C12H21NOS. The highest BCUT2D eigenvalue weighted by Crippen LogP contribution is 2.17. The summed E-state index contributed by atoms with van der Waals surface area (Å²) in [6.07, 6.45) is 4.84. The Morgan fingerprint density at radius 2 is 2.07 bits per heavy atom. The van der Waals surface area contributed by atoms with Crippen molar-refractivity contribution in [2.45, 2.75) is 33.6 Å². The van der Waals surface area contributed by atoms with E-state index in [0.717, 1.165) is 11.3 Å². The predicted octanol–water partition coefficient (Wildman–Crippen LogP) is 2.93. The molecule has 0 heterocycles. The Bertz CT molecular complexity index is 251. The zero-order valence-electron chi connectivity index (χ0n) is 9.84. The molecule has 86 valence electrons. The molecule has 0 saturated heterocycles. The highest BCUT2D eigenvalue weighted by molar-refractivity contribution is 7.84. The first kappa shape index (κ1) is 14.3. The third-order valence-electron chi connectivity index (χ3n) is 1.70. The fourth-order valence-corrected chi connectivity index (χ4v) is 1.31. The lowest BCUT2D eigenvalue weighted by atomic mass is 9.92. The van der Waals surface area contributed by atoms with Crippen LogP contribution in [-0.2, 0) is 4.79 Å². The maximum absolute atomic E-state index is 11.4. The Labute approximate surface area is 98.2 Å². The van der Waals surface area contributed by atoms with Crippen molar-refractivity contribution >= 4 is 18.5 Å². The Balaban J connectivity index is 3.74. The van der Waals surface area contributed by atoms with Gasteiger partial charge in [0.1, 0.15) is 0 Å². The van der Waals surface area contributed by atoms with Crippen LogP contribution in [0.4, 0.5) is 0 Å². The van der Waals surface area contributed by atoms with Crippen LogP contribution < -0.4 is 5.32 Å². The molecule has 0 spiro atoms. The Kier molecular flexibility index (Phi) is 6.41. The number of nitrogens with one attached hydrogen (secondary N) is 1. The Hall–Kier alpha value is -0.700. The standard InChI is InChI=1S/C12H21NOS/c1-5-6-10(15)7-8-13-11(14)9-12(2,3)4/h5-6,15H,1,7-9H2,2-4H3,(H,13,14)/b10-6-. The maximum atomic E-state index is 11.4. The maximum Gasteiger partial charge on any atom is 0.220 e. The first-order valence-electron chi connectivity index (χ1n) is 5.12. The summed E-state index contributed by atoms with van der Waals surface area (Å²) in [5, 5.41) is 2.87. The quantitative estimate of drug-likeness (QED) is 0.549. The fourth-order valence-electron chi connectivity index (χ4n) is 1.09. The molecule has 0 fully saturated rings. The molecule has 1 N–H and O–H groups in total. The van der Waals surface area contributed by atoms with Gasteiger partial charge in [0.25, 0.3) is 0 Å². The smallest absolute Gasteiger partial charge is 0.220 e. The minimum absolute atomic E-state index is 0.0465. The van der Waals surface area contributed by atoms with Gasteiger partial charge in [0, 0.05) is 13.0 Å². The lowest BCUT2D eigenvalue weighted by Gasteiger charge is -2.17. The number of hydrogen-bond donors (Lipinski definition) is 2. The summed E-state index contributed by atoms with van der Waals surface area (Å²) in [6, 6.07) is 0. The predicted molar refractivity (Wildman–Crippen MR) is 69.0 cm³/mol. The van der Waals surface area contributed by atoms with Gasteiger partial charge < -0.3 is 5.32 Å². The number of allylic oxidation sites excluding steroid dienone is 2. The first-order chi connectivity index (χ1) is 6.85. The molecule has 15 heavy (non-hydrogen) atoms. The van der Waals surface area contributed by atoms with Crippen molar-refractivity contribution in [2.24, 2.45) is 5.41 Å². The van der Waals surface area contributed by atoms with E-state index in [4.69, 9.17) is 0 Å². The first-order valence-corrected chi connectivity index (χ1v) is 5.57. The van der Waals surface area contributed by atoms with Crippen LogP contribution >= 0.6 is 12.6 Å². The molecule has 0 radical (unpaired) electrons. The van der Waals surface area contributed by atoms with Crippen molar-refractivity contribution in [3.8, 4) is 0 Å². The van der Waals surface area contributed by atoms with Crippen molar-refractivity contribution in [2.75, 3.05) is 6.54 Å². The molecule has 0 aliphatic carbocycles. The fraction of sp³-hybridized carbons (Fsp3) is 0.583. The second kappa shape index (κ2) is 6.72. The number of amides is 1. The van der Waals surface area contributed by atoms with Crippen LogP contribution in [0, 0.1) is 5.41 Å². The molecule has 0 aliphatic rings. The molecule has 2 nitrogen and oxygen atoms in total. The van der Waals surface area contributed by atoms with Crippen LogP contribution in [0.25, 0.3) is 0 Å². The van der Waals surface area contributed by atoms with Gasteiger partial charge in [-0.1, -0.05) is 39.5 Å². The van der Waals surface area contributed by atoms with Gasteiger partial charge in [0.15, 0.2) is 0 Å². The summed E-state index contributed by atoms with van der Waals surface area (Å²) in [4.78, 5) is 12.4. The van der Waals surface area contributed by atoms with Crippen LogP contribution in [0.2, 0.25) is 0 Å². The van der Waals surface area contributed by atoms with E-state index in [1.54, 1.807) is 6.08 Å². The molecular weight excluding hydrogens is 206 g/mol. The average molecular weight is 227 g/mol. The summed E-state index contributed by atoms with van der Waals surface area (Å²) in [7, 11) is 0. The minimum atomic E-state index is 0.0465. The number of carbonyl (C=O) groups is 1. The zero-order valence-corrected chi connectivity index (χ0v) is 10.7. The highest BCUT2D eigenvalue weighted by atomic mass is 32.1. The van der Waals surface area contributed by atoms with E-state index < -0.39 is 0 Å². The summed E-state index contributed by atoms with van der Waals surface area (Å²) >= 11 is 4.24. The van der Waals surface area contributed by atoms with E-state index in [-0.39, 0.29) is 11.3 Å². The molecule has 0 bridgehead atoms. The second-order valence-corrected chi connectivity index (χ2v) is 5.31. The topological polar surface area (TPSA) is 29.1 Å². The Morgan fingerprint density at radius 1 is 1.47 bits per heavy atom. The summed E-state index contributed by atoms with van der Waals surface area (Å²) in [5.74, 6) is 0.0993. The van der Waals surface area contributed by atoms with E-state index in [1.807, 2.05) is 26.8 Å². The molecule has 1 amide bonds. The van der Waals surface area contributed by atoms with Crippen molar-refractivity contribution in [3.63, 3.8) is 0 Å². The lowest BCUT2D eigenvalue weighted by molar-refractivity contribution is -0.122. The van der Waals surface area contributed by atoms with Gasteiger partial charge in [-0.25, -0.2) is 0 Å². The van der Waals surface area contributed by atoms with Gasteiger partial charge in [0.05, 0.1) is 0 Å². The van der Waals surface area contributed by atoms with Gasteiger partial charge >= 0.3 is 0 Å². The number of hydrogen-bond acceptors (Lipinski definition) is 2. The summed E-state index contributed by atoms with van der Waals surface area (Å²) in [5.41, 5.74) is 0.0465. The average Bonchev–Trinajstić information content (AvgIpc) is 2.00. The van der Waals surface area contributed by atoms with Crippen LogP contribution in [0.5, 0.6) is 0 Å². The number of rotatable bonds is 5. The van der Waals surface area contributed by atoms with Crippen LogP contribution in [0.15, 0.2) is 23.6 Å². The molecule has 0 aromatic rings. The van der Waals surface area contributed by atoms with E-state index >= 15 is 0 Å². The Morgan fingerprint density at radius 3 is 2.53 bits per heavy atom. The molecule has 0 atom stereocenters. The van der Waals surface area contributed by atoms with Crippen molar-refractivity contribution < 1.29 is 4.79 Å². The number of carbonyl (C=O) groups excluding carboxylic acids is 1. The molecule has 0 unspecified atom stereocenters. The van der Waals surface area contributed by atoms with Gasteiger partial charge in [0.2, 0.25) is 5.91 Å². The monoisotopic (exact) mass is 227 g/mol. The molecule has 0 aliphatic heterocycles. The second-order valence-electron chi connectivity index (χ2n) is 4.73. The van der Waals surface area contributed by atoms with Crippen LogP contribution in [0.1, 0.15) is 33.6 Å². The van der Waals surface area contributed by atoms with Crippen LogP contribution in [-0.4, -0.2) is 12.5 Å². The van der Waals surface area contributed by atoms with E-state index in [1.165, 1.54) is 0 Å². The highest BCUT2D eigenvalue weighted by Gasteiger charge is 2.15. The van der Waals surface area contributed by atoms with Crippen LogP contribution in [0.3, 0.4) is 0 Å². The minimum Gasteiger partial charge on any atom is -0.356 e. The van der Waals surface area contributed by atoms with Crippen molar-refractivity contribution in [1.29, 1.82) is 0 Å². The molecule has 0 saturated carbocycles.